The summed E-state index contributed by atoms with van der Waals surface area (Å²) < 4.78 is 13.6. The molecule has 0 saturated carbocycles. The van der Waals surface area contributed by atoms with Gasteiger partial charge >= 0.3 is 0 Å². The zero-order valence-corrected chi connectivity index (χ0v) is 22.0. The molecule has 1 N–H and O–H groups in total. The zero-order chi connectivity index (χ0) is 25.9. The maximum absolute atomic E-state index is 12.2. The molecule has 0 spiro atoms. The number of aryl methyl sites for hydroxylation is 2. The summed E-state index contributed by atoms with van der Waals surface area (Å²) in [5.74, 6) is 2.60. The number of unbranched alkanes of at least 4 members (excludes halogenated alkanes) is 3. The van der Waals surface area contributed by atoms with Crippen molar-refractivity contribution >= 4 is 28.5 Å². The molecule has 7 heteroatoms. The highest BCUT2D eigenvalue weighted by atomic mass is 35.5. The summed E-state index contributed by atoms with van der Waals surface area (Å²) in [5.41, 5.74) is 2.85. The Bertz CT molecular complexity index is 1290. The van der Waals surface area contributed by atoms with E-state index in [2.05, 4.69) is 28.1 Å². The maximum Gasteiger partial charge on any atom is 0.251 e. The summed E-state index contributed by atoms with van der Waals surface area (Å²) in [6, 6.07) is 23.0. The van der Waals surface area contributed by atoms with E-state index in [0.29, 0.717) is 23.7 Å². The highest BCUT2D eigenvalue weighted by molar-refractivity contribution is 6.30. The number of nitrogens with zero attached hydrogens (tertiary/aromatic N) is 2. The molecule has 37 heavy (non-hydrogen) atoms. The number of para-hydroxylation sites is 4. The highest BCUT2D eigenvalue weighted by Gasteiger charge is 2.11. The van der Waals surface area contributed by atoms with Gasteiger partial charge in [0.1, 0.15) is 5.82 Å². The average Bonchev–Trinajstić information content (AvgIpc) is 3.28. The number of nitrogens with one attached hydrogen (secondary N) is 1. The lowest BCUT2D eigenvalue weighted by atomic mass is 10.1. The summed E-state index contributed by atoms with van der Waals surface area (Å²) in [6.07, 6.45) is 5.84. The number of hydrogen-bond acceptors (Lipinski definition) is 4. The molecule has 1 amide bonds. The normalized spacial score (nSPS) is 11.0. The van der Waals surface area contributed by atoms with E-state index >= 15 is 0 Å². The van der Waals surface area contributed by atoms with Crippen molar-refractivity contribution in [2.75, 3.05) is 20.3 Å². The second-order valence-corrected chi connectivity index (χ2v) is 9.38. The number of ether oxygens (including phenoxy) is 2. The number of hydrogen-bond donors (Lipinski definition) is 1. The van der Waals surface area contributed by atoms with Crippen LogP contribution >= 0.6 is 11.6 Å². The predicted octanol–water partition coefficient (Wildman–Crippen LogP) is 6.70. The highest BCUT2D eigenvalue weighted by Crippen LogP contribution is 2.26. The van der Waals surface area contributed by atoms with Crippen molar-refractivity contribution in [2.24, 2.45) is 0 Å². The monoisotopic (exact) mass is 519 g/mol. The first-order valence-corrected chi connectivity index (χ1v) is 13.3. The number of methoxy groups -OCH3 is 1. The molecule has 4 aromatic rings. The molecule has 0 fully saturated rings. The van der Waals surface area contributed by atoms with Crippen LogP contribution in [0.1, 0.15) is 48.3 Å². The molecule has 0 aliphatic carbocycles. The van der Waals surface area contributed by atoms with E-state index in [4.69, 9.17) is 26.1 Å². The fourth-order valence-corrected chi connectivity index (χ4v) is 4.47. The van der Waals surface area contributed by atoms with Crippen LogP contribution < -0.4 is 14.8 Å². The van der Waals surface area contributed by atoms with E-state index in [1.54, 1.807) is 31.4 Å². The Morgan fingerprint density at radius 2 is 1.65 bits per heavy atom. The van der Waals surface area contributed by atoms with Crippen molar-refractivity contribution in [3.05, 3.63) is 89.2 Å². The number of carbonyl (C=O) groups is 1. The van der Waals surface area contributed by atoms with Crippen molar-refractivity contribution in [1.29, 1.82) is 0 Å². The summed E-state index contributed by atoms with van der Waals surface area (Å²) in [4.78, 5) is 17.1. The molecule has 0 aliphatic rings. The Balaban J connectivity index is 1.22. The van der Waals surface area contributed by atoms with Crippen molar-refractivity contribution in [3.8, 4) is 11.5 Å². The molecule has 1 aromatic heterocycles. The fourth-order valence-electron chi connectivity index (χ4n) is 4.35. The minimum Gasteiger partial charge on any atom is -0.493 e. The molecule has 3 aromatic carbocycles. The van der Waals surface area contributed by atoms with Gasteiger partial charge in [0.15, 0.2) is 11.5 Å². The average molecular weight is 520 g/mol. The molecule has 0 radical (unpaired) electrons. The van der Waals surface area contributed by atoms with Crippen molar-refractivity contribution in [3.63, 3.8) is 0 Å². The summed E-state index contributed by atoms with van der Waals surface area (Å²) in [6.45, 7) is 2.20. The smallest absolute Gasteiger partial charge is 0.251 e. The van der Waals surface area contributed by atoms with E-state index in [1.807, 2.05) is 30.3 Å². The molecule has 0 atom stereocenters. The van der Waals surface area contributed by atoms with Gasteiger partial charge in [-0.2, -0.15) is 0 Å². The Morgan fingerprint density at radius 1 is 0.892 bits per heavy atom. The SMILES string of the molecule is COc1ccccc1OCCCCn1c(CCCCCNC(=O)c2ccc(Cl)cc2)nc2ccccc21. The Hall–Kier alpha value is -3.51. The molecule has 1 heterocycles. The molecule has 0 unspecified atom stereocenters. The molecule has 194 valence electrons. The number of imidazole rings is 1. The van der Waals surface area contributed by atoms with Crippen LogP contribution in [0.3, 0.4) is 0 Å². The zero-order valence-electron chi connectivity index (χ0n) is 21.3. The third-order valence-corrected chi connectivity index (χ3v) is 6.56. The number of benzene rings is 3. The quantitative estimate of drug-likeness (QED) is 0.188. The minimum absolute atomic E-state index is 0.0619. The molecule has 0 saturated heterocycles. The molecule has 6 nitrogen and oxygen atoms in total. The lowest BCUT2D eigenvalue weighted by Gasteiger charge is -2.12. The Kier molecular flexibility index (Phi) is 9.83. The van der Waals surface area contributed by atoms with Gasteiger partial charge in [-0.3, -0.25) is 4.79 Å². The third-order valence-electron chi connectivity index (χ3n) is 6.31. The largest absolute Gasteiger partial charge is 0.493 e. The van der Waals surface area contributed by atoms with Gasteiger partial charge in [-0.1, -0.05) is 42.3 Å². The predicted molar refractivity (Wildman–Crippen MR) is 149 cm³/mol. The van der Waals surface area contributed by atoms with Crippen LogP contribution in [0.25, 0.3) is 11.0 Å². The topological polar surface area (TPSA) is 65.4 Å². The molecule has 4 rings (SSSR count). The number of amides is 1. The number of fused-ring (bicyclic) bond motifs is 1. The van der Waals surface area contributed by atoms with Crippen LogP contribution in [-0.4, -0.2) is 35.7 Å². The van der Waals surface area contributed by atoms with Gasteiger partial charge in [-0.05, 0) is 74.2 Å². The standard InChI is InChI=1S/C30H34ClN3O3/c1-36-27-13-6-7-14-28(27)37-22-10-9-21-34-26-12-5-4-11-25(26)33-29(34)15-3-2-8-20-32-30(35)23-16-18-24(31)19-17-23/h4-7,11-14,16-19H,2-3,8-10,15,20-22H2,1H3,(H,32,35). The number of aromatic nitrogens is 2. The van der Waals surface area contributed by atoms with Crippen LogP contribution in [0.5, 0.6) is 11.5 Å². The van der Waals surface area contributed by atoms with Gasteiger partial charge < -0.3 is 19.4 Å². The van der Waals surface area contributed by atoms with E-state index in [9.17, 15) is 4.79 Å². The number of rotatable bonds is 14. The van der Waals surface area contributed by atoms with E-state index in [1.165, 1.54) is 5.52 Å². The maximum atomic E-state index is 12.2. The van der Waals surface area contributed by atoms with Gasteiger partial charge in [-0.15, -0.1) is 0 Å². The lowest BCUT2D eigenvalue weighted by Crippen LogP contribution is -2.24. The van der Waals surface area contributed by atoms with E-state index in [0.717, 1.165) is 67.9 Å². The van der Waals surface area contributed by atoms with Crippen LogP contribution in [0.2, 0.25) is 5.02 Å². The molecular formula is C30H34ClN3O3. The number of halogens is 1. The Morgan fingerprint density at radius 3 is 2.46 bits per heavy atom. The first kappa shape index (κ1) is 26.6. The first-order chi connectivity index (χ1) is 18.2. The van der Waals surface area contributed by atoms with E-state index in [-0.39, 0.29) is 5.91 Å². The summed E-state index contributed by atoms with van der Waals surface area (Å²) in [5, 5.41) is 3.61. The summed E-state index contributed by atoms with van der Waals surface area (Å²) >= 11 is 5.89. The number of carbonyl (C=O) groups excluding carboxylic acids is 1. The Labute approximate surface area is 223 Å². The molecule has 0 aliphatic heterocycles. The van der Waals surface area contributed by atoms with Crippen molar-refractivity contribution < 1.29 is 14.3 Å². The second kappa shape index (κ2) is 13.7. The summed E-state index contributed by atoms with van der Waals surface area (Å²) in [7, 11) is 1.66. The van der Waals surface area contributed by atoms with Crippen LogP contribution in [0.4, 0.5) is 0 Å². The third kappa shape index (κ3) is 7.49. The van der Waals surface area contributed by atoms with Gasteiger partial charge in [0.05, 0.1) is 24.8 Å². The van der Waals surface area contributed by atoms with Crippen molar-refractivity contribution in [2.45, 2.75) is 45.1 Å². The van der Waals surface area contributed by atoms with Gasteiger partial charge in [0.2, 0.25) is 0 Å². The second-order valence-electron chi connectivity index (χ2n) is 8.95. The van der Waals surface area contributed by atoms with E-state index < -0.39 is 0 Å². The van der Waals surface area contributed by atoms with Crippen LogP contribution in [-0.2, 0) is 13.0 Å². The first-order valence-electron chi connectivity index (χ1n) is 12.9. The van der Waals surface area contributed by atoms with Crippen molar-refractivity contribution in [1.82, 2.24) is 14.9 Å². The minimum atomic E-state index is -0.0619. The van der Waals surface area contributed by atoms with Gasteiger partial charge in [-0.25, -0.2) is 4.98 Å². The van der Waals surface area contributed by atoms with Crippen LogP contribution in [0, 0.1) is 0 Å². The van der Waals surface area contributed by atoms with Gasteiger partial charge in [0.25, 0.3) is 5.91 Å². The fraction of sp³-hybridized carbons (Fsp3) is 0.333. The van der Waals surface area contributed by atoms with Crippen LogP contribution in [0.15, 0.2) is 72.8 Å². The lowest BCUT2D eigenvalue weighted by molar-refractivity contribution is 0.0953. The molecular weight excluding hydrogens is 486 g/mol. The van der Waals surface area contributed by atoms with Gasteiger partial charge in [0, 0.05) is 30.1 Å². The molecule has 0 bridgehead atoms.